The third kappa shape index (κ3) is 3.25. The highest BCUT2D eigenvalue weighted by Gasteiger charge is 2.28. The van der Waals surface area contributed by atoms with E-state index in [1.165, 1.54) is 17.7 Å². The van der Waals surface area contributed by atoms with Crippen LogP contribution in [0.15, 0.2) is 15.7 Å². The largest absolute Gasteiger partial charge is 0.381 e. The van der Waals surface area contributed by atoms with Gasteiger partial charge in [0.1, 0.15) is 0 Å². The minimum atomic E-state index is -0.298. The van der Waals surface area contributed by atoms with Crippen LogP contribution >= 0.6 is 0 Å². The van der Waals surface area contributed by atoms with Crippen molar-refractivity contribution in [2.75, 3.05) is 20.2 Å². The van der Waals surface area contributed by atoms with Crippen LogP contribution in [0, 0.1) is 0 Å². The molecule has 0 saturated carbocycles. The summed E-state index contributed by atoms with van der Waals surface area (Å²) in [6.07, 6.45) is 2.06. The second-order valence-corrected chi connectivity index (χ2v) is 5.62. The van der Waals surface area contributed by atoms with E-state index in [1.54, 1.807) is 14.2 Å². The molecule has 1 saturated heterocycles. The zero-order valence-electron chi connectivity index (χ0n) is 12.9. The minimum Gasteiger partial charge on any atom is -0.381 e. The quantitative estimate of drug-likeness (QED) is 0.772. The highest BCUT2D eigenvalue weighted by molar-refractivity contribution is 5.03. The minimum absolute atomic E-state index is 0.211. The van der Waals surface area contributed by atoms with Crippen molar-refractivity contribution >= 4 is 0 Å². The molecule has 2 atom stereocenters. The van der Waals surface area contributed by atoms with E-state index in [1.807, 2.05) is 0 Å². The van der Waals surface area contributed by atoms with Crippen LogP contribution in [0.1, 0.15) is 18.5 Å². The summed E-state index contributed by atoms with van der Waals surface area (Å²) in [4.78, 5) is 26.0. The molecule has 7 nitrogen and oxygen atoms in total. The molecule has 0 amide bonds. The van der Waals surface area contributed by atoms with Gasteiger partial charge in [0.15, 0.2) is 0 Å². The first-order valence-corrected chi connectivity index (χ1v) is 7.20. The fourth-order valence-corrected chi connectivity index (χ4v) is 2.87. The summed E-state index contributed by atoms with van der Waals surface area (Å²) in [5.74, 6) is 0. The predicted octanol–water partition coefficient (Wildman–Crippen LogP) is -0.978. The Balaban J connectivity index is 2.22. The van der Waals surface area contributed by atoms with Crippen LogP contribution in [0.2, 0.25) is 0 Å². The Morgan fingerprint density at radius 3 is 2.67 bits per heavy atom. The molecule has 2 heterocycles. The lowest BCUT2D eigenvalue weighted by atomic mass is 9.99. The highest BCUT2D eigenvalue weighted by atomic mass is 16.5. The van der Waals surface area contributed by atoms with Crippen LogP contribution in [-0.4, -0.2) is 46.4 Å². The number of nitrogens with zero attached hydrogens (tertiary/aromatic N) is 3. The summed E-state index contributed by atoms with van der Waals surface area (Å²) in [6.45, 7) is 1.95. The smallest absolute Gasteiger partial charge is 0.330 e. The lowest BCUT2D eigenvalue weighted by molar-refractivity contribution is 0.00935. The van der Waals surface area contributed by atoms with Crippen molar-refractivity contribution in [2.45, 2.75) is 31.5 Å². The van der Waals surface area contributed by atoms with Crippen molar-refractivity contribution < 1.29 is 4.74 Å². The van der Waals surface area contributed by atoms with E-state index in [0.29, 0.717) is 13.1 Å². The SMILES string of the molecule is COC1CCN(Cc2cc(=O)n(C)c(=O)n2C)C(CN)C1. The second-order valence-electron chi connectivity index (χ2n) is 5.62. The lowest BCUT2D eigenvalue weighted by Gasteiger charge is -2.38. The second kappa shape index (κ2) is 6.55. The molecule has 0 aliphatic carbocycles. The lowest BCUT2D eigenvalue weighted by Crippen LogP contribution is -2.49. The van der Waals surface area contributed by atoms with E-state index in [0.717, 1.165) is 29.6 Å². The normalized spacial score (nSPS) is 23.4. The van der Waals surface area contributed by atoms with E-state index in [2.05, 4.69) is 4.90 Å². The van der Waals surface area contributed by atoms with Gasteiger partial charge in [0.25, 0.3) is 5.56 Å². The average molecular weight is 296 g/mol. The number of likely N-dealkylation sites (tertiary alicyclic amines) is 1. The summed E-state index contributed by atoms with van der Waals surface area (Å²) in [5, 5.41) is 0. The Labute approximate surface area is 123 Å². The molecule has 1 aromatic rings. The van der Waals surface area contributed by atoms with E-state index in [4.69, 9.17) is 10.5 Å². The number of methoxy groups -OCH3 is 1. The van der Waals surface area contributed by atoms with Crippen LogP contribution < -0.4 is 17.0 Å². The van der Waals surface area contributed by atoms with Crippen LogP contribution in [0.3, 0.4) is 0 Å². The molecule has 2 unspecified atom stereocenters. The average Bonchev–Trinajstić information content (AvgIpc) is 2.50. The number of ether oxygens (including phenoxy) is 1. The first-order valence-electron chi connectivity index (χ1n) is 7.20. The van der Waals surface area contributed by atoms with Gasteiger partial charge in [0.05, 0.1) is 6.10 Å². The first kappa shape index (κ1) is 15.9. The maximum Gasteiger partial charge on any atom is 0.330 e. The van der Waals surface area contributed by atoms with Gasteiger partial charge in [-0.1, -0.05) is 0 Å². The number of hydrogen-bond acceptors (Lipinski definition) is 5. The van der Waals surface area contributed by atoms with Crippen molar-refractivity contribution in [2.24, 2.45) is 19.8 Å². The zero-order chi connectivity index (χ0) is 15.6. The molecule has 1 aliphatic rings. The Bertz CT molecular complexity index is 607. The zero-order valence-corrected chi connectivity index (χ0v) is 12.9. The molecule has 2 rings (SSSR count). The summed E-state index contributed by atoms with van der Waals surface area (Å²) in [5.41, 5.74) is 6.00. The fourth-order valence-electron chi connectivity index (χ4n) is 2.87. The van der Waals surface area contributed by atoms with Crippen LogP contribution in [0.4, 0.5) is 0 Å². The van der Waals surface area contributed by atoms with Crippen LogP contribution in [-0.2, 0) is 25.4 Å². The molecule has 2 N–H and O–H groups in total. The monoisotopic (exact) mass is 296 g/mol. The Morgan fingerprint density at radius 2 is 2.05 bits per heavy atom. The van der Waals surface area contributed by atoms with Crippen molar-refractivity contribution in [3.05, 3.63) is 32.6 Å². The number of hydrogen-bond donors (Lipinski definition) is 1. The van der Waals surface area contributed by atoms with Gasteiger partial charge in [0.2, 0.25) is 0 Å². The predicted molar refractivity (Wildman–Crippen MR) is 80.2 cm³/mol. The molecular weight excluding hydrogens is 272 g/mol. The number of nitrogens with two attached hydrogens (primary N) is 1. The molecule has 118 valence electrons. The molecule has 0 aromatic carbocycles. The van der Waals surface area contributed by atoms with Crippen molar-refractivity contribution in [3.63, 3.8) is 0 Å². The third-order valence-corrected chi connectivity index (χ3v) is 4.39. The molecule has 0 bridgehead atoms. The molecule has 0 radical (unpaired) electrons. The molecule has 1 fully saturated rings. The fraction of sp³-hybridized carbons (Fsp3) is 0.714. The van der Waals surface area contributed by atoms with Crippen molar-refractivity contribution in [1.82, 2.24) is 14.0 Å². The highest BCUT2D eigenvalue weighted by Crippen LogP contribution is 2.20. The Morgan fingerprint density at radius 1 is 1.33 bits per heavy atom. The molecule has 1 aliphatic heterocycles. The van der Waals surface area contributed by atoms with Gasteiger partial charge in [-0.25, -0.2) is 4.79 Å². The van der Waals surface area contributed by atoms with Gasteiger partial charge in [0, 0.05) is 58.6 Å². The topological polar surface area (TPSA) is 82.5 Å². The standard InChI is InChI=1S/C14H24N4O3/c1-16-11(7-13(19)17(2)14(16)20)9-18-5-4-12(21-3)6-10(18)8-15/h7,10,12H,4-6,8-9,15H2,1-3H3. The third-order valence-electron chi connectivity index (χ3n) is 4.39. The van der Waals surface area contributed by atoms with E-state index < -0.39 is 0 Å². The van der Waals surface area contributed by atoms with E-state index in [-0.39, 0.29) is 23.4 Å². The maximum absolute atomic E-state index is 12.0. The summed E-state index contributed by atoms with van der Waals surface area (Å²) < 4.78 is 8.05. The van der Waals surface area contributed by atoms with Crippen LogP contribution in [0.25, 0.3) is 0 Å². The molecule has 7 heteroatoms. The van der Waals surface area contributed by atoms with Gasteiger partial charge >= 0.3 is 5.69 Å². The van der Waals surface area contributed by atoms with Gasteiger partial charge in [-0.3, -0.25) is 18.8 Å². The molecule has 1 aromatic heterocycles. The number of rotatable bonds is 4. The number of piperidine rings is 1. The Hall–Kier alpha value is -1.44. The maximum atomic E-state index is 12.0. The Kier molecular flexibility index (Phi) is 4.97. The summed E-state index contributed by atoms with van der Waals surface area (Å²) in [6, 6.07) is 1.74. The molecular formula is C14H24N4O3. The van der Waals surface area contributed by atoms with E-state index in [9.17, 15) is 9.59 Å². The summed E-state index contributed by atoms with van der Waals surface area (Å²) >= 11 is 0. The first-order chi connectivity index (χ1) is 9.97. The van der Waals surface area contributed by atoms with Gasteiger partial charge < -0.3 is 10.5 Å². The van der Waals surface area contributed by atoms with Gasteiger partial charge in [-0.15, -0.1) is 0 Å². The summed E-state index contributed by atoms with van der Waals surface area (Å²) in [7, 11) is 4.90. The molecule has 0 spiro atoms. The van der Waals surface area contributed by atoms with Gasteiger partial charge in [-0.05, 0) is 12.8 Å². The van der Waals surface area contributed by atoms with E-state index >= 15 is 0 Å². The van der Waals surface area contributed by atoms with Crippen molar-refractivity contribution in [3.8, 4) is 0 Å². The van der Waals surface area contributed by atoms with Crippen molar-refractivity contribution in [1.29, 1.82) is 0 Å². The van der Waals surface area contributed by atoms with Crippen LogP contribution in [0.5, 0.6) is 0 Å². The van der Waals surface area contributed by atoms with Gasteiger partial charge in [-0.2, -0.15) is 0 Å². The number of aromatic nitrogens is 2. The molecule has 21 heavy (non-hydrogen) atoms.